The van der Waals surface area contributed by atoms with Gasteiger partial charge in [-0.05, 0) is 25.3 Å². The Hall–Kier alpha value is -1.36. The highest BCUT2D eigenvalue weighted by Gasteiger charge is 2.08. The van der Waals surface area contributed by atoms with E-state index in [1.165, 1.54) is 0 Å². The first kappa shape index (κ1) is 11.7. The lowest BCUT2D eigenvalue weighted by molar-refractivity contribution is 0.316. The van der Waals surface area contributed by atoms with Crippen LogP contribution in [-0.2, 0) is 0 Å². The molecule has 0 saturated heterocycles. The Morgan fingerprint density at radius 3 is 2.80 bits per heavy atom. The molecular formula is C10H15N3OS. The van der Waals surface area contributed by atoms with Crippen molar-refractivity contribution in [3.05, 3.63) is 24.3 Å². The van der Waals surface area contributed by atoms with Crippen molar-refractivity contribution in [1.82, 2.24) is 0 Å². The van der Waals surface area contributed by atoms with Crippen LogP contribution in [0.25, 0.3) is 0 Å². The van der Waals surface area contributed by atoms with Gasteiger partial charge in [0, 0.05) is 10.6 Å². The van der Waals surface area contributed by atoms with E-state index < -0.39 is 0 Å². The Bertz CT molecular complexity index is 354. The van der Waals surface area contributed by atoms with E-state index in [0.29, 0.717) is 0 Å². The molecule has 0 aliphatic rings. The van der Waals surface area contributed by atoms with Gasteiger partial charge >= 0.3 is 0 Å². The average Bonchev–Trinajstić information content (AvgIpc) is 2.28. The largest absolute Gasteiger partial charge is 0.409 e. The summed E-state index contributed by atoms with van der Waals surface area (Å²) in [6, 6.07) is 7.72. The van der Waals surface area contributed by atoms with Gasteiger partial charge in [-0.25, -0.2) is 0 Å². The summed E-state index contributed by atoms with van der Waals surface area (Å²) in [6.07, 6.45) is 2.01. The number of amidine groups is 1. The Labute approximate surface area is 93.5 Å². The molecule has 15 heavy (non-hydrogen) atoms. The molecule has 1 aromatic rings. The molecule has 0 spiro atoms. The zero-order valence-electron chi connectivity index (χ0n) is 8.77. The van der Waals surface area contributed by atoms with Crippen molar-refractivity contribution < 1.29 is 5.21 Å². The lowest BCUT2D eigenvalue weighted by Crippen LogP contribution is -2.33. The highest BCUT2D eigenvalue weighted by molar-refractivity contribution is 7.98. The standard InChI is InChI=1S/C10H15N3OS/c1-7(10(11)13-14)12-8-5-3-4-6-9(8)15-2/h3-7,12,14H,1-2H3,(H2,11,13). The highest BCUT2D eigenvalue weighted by Crippen LogP contribution is 2.24. The molecule has 0 amide bonds. The van der Waals surface area contributed by atoms with E-state index in [4.69, 9.17) is 10.9 Å². The molecule has 1 atom stereocenters. The number of hydrogen-bond donors (Lipinski definition) is 3. The molecule has 0 bridgehead atoms. The summed E-state index contributed by atoms with van der Waals surface area (Å²) in [4.78, 5) is 1.13. The number of nitrogens with two attached hydrogens (primary N) is 1. The van der Waals surface area contributed by atoms with Crippen LogP contribution in [0.4, 0.5) is 5.69 Å². The number of nitrogens with one attached hydrogen (secondary N) is 1. The van der Waals surface area contributed by atoms with E-state index in [1.807, 2.05) is 37.4 Å². The van der Waals surface area contributed by atoms with E-state index in [2.05, 4.69) is 10.5 Å². The maximum Gasteiger partial charge on any atom is 0.161 e. The molecule has 0 aliphatic carbocycles. The molecule has 4 N–H and O–H groups in total. The number of rotatable bonds is 4. The van der Waals surface area contributed by atoms with Crippen molar-refractivity contribution in [3.8, 4) is 0 Å². The number of oxime groups is 1. The van der Waals surface area contributed by atoms with E-state index in [1.54, 1.807) is 11.8 Å². The van der Waals surface area contributed by atoms with Crippen LogP contribution in [0.5, 0.6) is 0 Å². The van der Waals surface area contributed by atoms with Gasteiger partial charge < -0.3 is 16.3 Å². The first-order valence-electron chi connectivity index (χ1n) is 4.56. The average molecular weight is 225 g/mol. The van der Waals surface area contributed by atoms with Crippen molar-refractivity contribution in [3.63, 3.8) is 0 Å². The normalized spacial score (nSPS) is 13.6. The molecule has 1 rings (SSSR count). The first-order valence-corrected chi connectivity index (χ1v) is 5.78. The predicted octanol–water partition coefficient (Wildman–Crippen LogP) is 1.96. The van der Waals surface area contributed by atoms with Crippen LogP contribution in [-0.4, -0.2) is 23.3 Å². The van der Waals surface area contributed by atoms with Crippen LogP contribution in [0.3, 0.4) is 0 Å². The van der Waals surface area contributed by atoms with Gasteiger partial charge in [0.15, 0.2) is 5.84 Å². The number of thioether (sulfide) groups is 1. The van der Waals surface area contributed by atoms with Crippen LogP contribution < -0.4 is 11.1 Å². The molecule has 4 nitrogen and oxygen atoms in total. The zero-order chi connectivity index (χ0) is 11.3. The fourth-order valence-electron chi connectivity index (χ4n) is 1.16. The summed E-state index contributed by atoms with van der Waals surface area (Å²) < 4.78 is 0. The van der Waals surface area contributed by atoms with Crippen LogP contribution in [0, 0.1) is 0 Å². The second kappa shape index (κ2) is 5.50. The second-order valence-corrected chi connectivity index (χ2v) is 3.94. The summed E-state index contributed by atoms with van der Waals surface area (Å²) in [5, 5.41) is 14.7. The zero-order valence-corrected chi connectivity index (χ0v) is 9.58. The third-order valence-electron chi connectivity index (χ3n) is 2.04. The van der Waals surface area contributed by atoms with E-state index in [-0.39, 0.29) is 11.9 Å². The van der Waals surface area contributed by atoms with Crippen molar-refractivity contribution in [2.75, 3.05) is 11.6 Å². The van der Waals surface area contributed by atoms with Gasteiger partial charge in [-0.2, -0.15) is 0 Å². The number of anilines is 1. The van der Waals surface area contributed by atoms with Gasteiger partial charge in [0.25, 0.3) is 0 Å². The molecular weight excluding hydrogens is 210 g/mol. The van der Waals surface area contributed by atoms with Crippen LogP contribution in [0.2, 0.25) is 0 Å². The molecule has 0 heterocycles. The number of nitrogens with zero attached hydrogens (tertiary/aromatic N) is 1. The van der Waals surface area contributed by atoms with Gasteiger partial charge in [0.1, 0.15) is 0 Å². The summed E-state index contributed by atoms with van der Waals surface area (Å²) >= 11 is 1.65. The lowest BCUT2D eigenvalue weighted by Gasteiger charge is -2.15. The minimum absolute atomic E-state index is 0.172. The van der Waals surface area contributed by atoms with Crippen molar-refractivity contribution in [2.45, 2.75) is 17.9 Å². The molecule has 0 aliphatic heterocycles. The topological polar surface area (TPSA) is 70.6 Å². The quantitative estimate of drug-likeness (QED) is 0.241. The number of hydrogen-bond acceptors (Lipinski definition) is 4. The molecule has 5 heteroatoms. The molecule has 1 unspecified atom stereocenters. The summed E-state index contributed by atoms with van der Waals surface area (Å²) in [7, 11) is 0. The molecule has 1 aromatic carbocycles. The Morgan fingerprint density at radius 1 is 1.53 bits per heavy atom. The number of para-hydroxylation sites is 1. The Balaban J connectivity index is 2.80. The SMILES string of the molecule is CSc1ccccc1NC(C)/C(N)=N/O. The van der Waals surface area contributed by atoms with Gasteiger partial charge in [-0.15, -0.1) is 11.8 Å². The third-order valence-corrected chi connectivity index (χ3v) is 2.83. The minimum atomic E-state index is -0.191. The molecule has 0 radical (unpaired) electrons. The molecule has 82 valence electrons. The Kier molecular flexibility index (Phi) is 4.30. The van der Waals surface area contributed by atoms with Gasteiger partial charge in [-0.3, -0.25) is 0 Å². The highest BCUT2D eigenvalue weighted by atomic mass is 32.2. The van der Waals surface area contributed by atoms with E-state index in [0.717, 1.165) is 10.6 Å². The maximum absolute atomic E-state index is 8.53. The smallest absolute Gasteiger partial charge is 0.161 e. The van der Waals surface area contributed by atoms with Crippen molar-refractivity contribution in [1.29, 1.82) is 0 Å². The second-order valence-electron chi connectivity index (χ2n) is 3.09. The monoisotopic (exact) mass is 225 g/mol. The van der Waals surface area contributed by atoms with Crippen molar-refractivity contribution in [2.24, 2.45) is 10.9 Å². The van der Waals surface area contributed by atoms with E-state index >= 15 is 0 Å². The van der Waals surface area contributed by atoms with Gasteiger partial charge in [-0.1, -0.05) is 17.3 Å². The van der Waals surface area contributed by atoms with Gasteiger partial charge in [0.05, 0.1) is 6.04 Å². The van der Waals surface area contributed by atoms with Crippen LogP contribution in [0.15, 0.2) is 34.3 Å². The molecule has 0 fully saturated rings. The third kappa shape index (κ3) is 3.06. The Morgan fingerprint density at radius 2 is 2.20 bits per heavy atom. The van der Waals surface area contributed by atoms with Gasteiger partial charge in [0.2, 0.25) is 0 Å². The first-order chi connectivity index (χ1) is 7.19. The fraction of sp³-hybridized carbons (Fsp3) is 0.300. The lowest BCUT2D eigenvalue weighted by atomic mass is 10.2. The van der Waals surface area contributed by atoms with E-state index in [9.17, 15) is 0 Å². The fourth-order valence-corrected chi connectivity index (χ4v) is 1.72. The summed E-state index contributed by atoms with van der Waals surface area (Å²) in [5.41, 5.74) is 6.48. The summed E-state index contributed by atoms with van der Waals surface area (Å²) in [6.45, 7) is 1.84. The minimum Gasteiger partial charge on any atom is -0.409 e. The molecule has 0 aromatic heterocycles. The van der Waals surface area contributed by atoms with Crippen LogP contribution in [0.1, 0.15) is 6.92 Å². The van der Waals surface area contributed by atoms with Crippen molar-refractivity contribution >= 4 is 23.3 Å². The molecule has 0 saturated carbocycles. The van der Waals surface area contributed by atoms with Crippen LogP contribution >= 0.6 is 11.8 Å². The maximum atomic E-state index is 8.53. The number of benzene rings is 1. The predicted molar refractivity (Wildman–Crippen MR) is 64.7 cm³/mol. The summed E-state index contributed by atoms with van der Waals surface area (Å²) in [5.74, 6) is 0.172.